The smallest absolute Gasteiger partial charge is 0.251 e. The van der Waals surface area contributed by atoms with Crippen LogP contribution in [0.3, 0.4) is 0 Å². The Morgan fingerprint density at radius 1 is 1.31 bits per heavy atom. The van der Waals surface area contributed by atoms with Crippen LogP contribution < -0.4 is 11.1 Å². The average Bonchev–Trinajstić information content (AvgIpc) is 3.31. The SMILES string of the molecule is COCCn1c(SCC(=O)Nc2sccc2C(N)=O)nnc1-c1cccc(C)c1. The van der Waals surface area contributed by atoms with Gasteiger partial charge >= 0.3 is 0 Å². The largest absolute Gasteiger partial charge is 0.383 e. The van der Waals surface area contributed by atoms with Gasteiger partial charge in [0, 0.05) is 12.7 Å². The fourth-order valence-electron chi connectivity index (χ4n) is 2.67. The Labute approximate surface area is 176 Å². The number of rotatable bonds is 9. The van der Waals surface area contributed by atoms with Gasteiger partial charge in [-0.15, -0.1) is 21.5 Å². The third kappa shape index (κ3) is 5.22. The van der Waals surface area contributed by atoms with Gasteiger partial charge in [-0.05, 0) is 24.4 Å². The molecule has 3 rings (SSSR count). The van der Waals surface area contributed by atoms with Crippen LogP contribution in [-0.2, 0) is 16.1 Å². The summed E-state index contributed by atoms with van der Waals surface area (Å²) in [6.45, 7) is 3.07. The van der Waals surface area contributed by atoms with Crippen molar-refractivity contribution in [2.24, 2.45) is 5.73 Å². The molecule has 0 aliphatic carbocycles. The van der Waals surface area contributed by atoms with Gasteiger partial charge in [-0.2, -0.15) is 0 Å². The van der Waals surface area contributed by atoms with E-state index in [2.05, 4.69) is 15.5 Å². The molecule has 0 aliphatic rings. The molecule has 152 valence electrons. The van der Waals surface area contributed by atoms with Crippen molar-refractivity contribution in [3.05, 3.63) is 46.8 Å². The number of carbonyl (C=O) groups excluding carboxylic acids is 2. The predicted octanol–water partition coefficient (Wildman–Crippen LogP) is 2.79. The van der Waals surface area contributed by atoms with Crippen molar-refractivity contribution in [2.45, 2.75) is 18.6 Å². The molecule has 10 heteroatoms. The van der Waals surface area contributed by atoms with E-state index in [0.717, 1.165) is 17.0 Å². The second-order valence-electron chi connectivity index (χ2n) is 6.18. The van der Waals surface area contributed by atoms with Crippen molar-refractivity contribution >= 4 is 39.9 Å². The van der Waals surface area contributed by atoms with Crippen LogP contribution in [0, 0.1) is 6.92 Å². The molecule has 0 unspecified atom stereocenters. The van der Waals surface area contributed by atoms with E-state index in [1.807, 2.05) is 35.8 Å². The minimum absolute atomic E-state index is 0.120. The molecular formula is C19H21N5O3S2. The molecule has 2 amide bonds. The average molecular weight is 432 g/mol. The van der Waals surface area contributed by atoms with Gasteiger partial charge in [0.15, 0.2) is 11.0 Å². The second-order valence-corrected chi connectivity index (χ2v) is 8.04. The molecule has 29 heavy (non-hydrogen) atoms. The number of nitrogens with zero attached hydrogens (tertiary/aromatic N) is 3. The maximum atomic E-state index is 12.3. The molecule has 0 fully saturated rings. The summed E-state index contributed by atoms with van der Waals surface area (Å²) in [5, 5.41) is 14.1. The van der Waals surface area contributed by atoms with E-state index in [0.29, 0.717) is 28.9 Å². The van der Waals surface area contributed by atoms with Crippen LogP contribution in [-0.4, -0.2) is 46.0 Å². The molecule has 1 aromatic carbocycles. The van der Waals surface area contributed by atoms with Gasteiger partial charge in [0.25, 0.3) is 5.91 Å². The molecule has 0 bridgehead atoms. The first kappa shape index (κ1) is 21.0. The number of benzene rings is 1. The molecule has 2 heterocycles. The third-order valence-electron chi connectivity index (χ3n) is 4.03. The highest BCUT2D eigenvalue weighted by molar-refractivity contribution is 7.99. The van der Waals surface area contributed by atoms with E-state index in [4.69, 9.17) is 10.5 Å². The summed E-state index contributed by atoms with van der Waals surface area (Å²) in [7, 11) is 1.63. The zero-order chi connectivity index (χ0) is 20.8. The first-order chi connectivity index (χ1) is 14.0. The van der Waals surface area contributed by atoms with Crippen molar-refractivity contribution in [3.63, 3.8) is 0 Å². The van der Waals surface area contributed by atoms with Crippen LogP contribution in [0.15, 0.2) is 40.9 Å². The van der Waals surface area contributed by atoms with Gasteiger partial charge in [-0.1, -0.05) is 35.5 Å². The highest BCUT2D eigenvalue weighted by atomic mass is 32.2. The van der Waals surface area contributed by atoms with E-state index < -0.39 is 5.91 Å². The molecule has 0 saturated heterocycles. The fourth-order valence-corrected chi connectivity index (χ4v) is 4.24. The number of anilines is 1. The first-order valence-corrected chi connectivity index (χ1v) is 10.6. The highest BCUT2D eigenvalue weighted by Gasteiger charge is 2.17. The van der Waals surface area contributed by atoms with Crippen molar-refractivity contribution in [1.82, 2.24) is 14.8 Å². The van der Waals surface area contributed by atoms with Crippen LogP contribution in [0.5, 0.6) is 0 Å². The van der Waals surface area contributed by atoms with Gasteiger partial charge in [0.1, 0.15) is 5.00 Å². The number of methoxy groups -OCH3 is 1. The maximum Gasteiger partial charge on any atom is 0.251 e. The number of aromatic nitrogens is 3. The summed E-state index contributed by atoms with van der Waals surface area (Å²) in [5.41, 5.74) is 7.69. The fraction of sp³-hybridized carbons (Fsp3) is 0.263. The Bertz CT molecular complexity index is 1010. The zero-order valence-corrected chi connectivity index (χ0v) is 17.7. The van der Waals surface area contributed by atoms with Crippen molar-refractivity contribution in [2.75, 3.05) is 24.8 Å². The minimum Gasteiger partial charge on any atom is -0.383 e. The summed E-state index contributed by atoms with van der Waals surface area (Å²) < 4.78 is 7.15. The molecule has 2 aromatic heterocycles. The van der Waals surface area contributed by atoms with Crippen LogP contribution in [0.25, 0.3) is 11.4 Å². The predicted molar refractivity (Wildman–Crippen MR) is 114 cm³/mol. The lowest BCUT2D eigenvalue weighted by Crippen LogP contribution is -2.18. The molecule has 3 aromatic rings. The Balaban J connectivity index is 1.74. The first-order valence-electron chi connectivity index (χ1n) is 8.78. The van der Waals surface area contributed by atoms with E-state index in [1.54, 1.807) is 18.6 Å². The number of primary amides is 1. The van der Waals surface area contributed by atoms with Crippen LogP contribution in [0.4, 0.5) is 5.00 Å². The van der Waals surface area contributed by atoms with E-state index in [1.165, 1.54) is 23.1 Å². The lowest BCUT2D eigenvalue weighted by molar-refractivity contribution is -0.113. The molecule has 0 spiro atoms. The monoisotopic (exact) mass is 431 g/mol. The summed E-state index contributed by atoms with van der Waals surface area (Å²) >= 11 is 2.52. The maximum absolute atomic E-state index is 12.3. The number of thioether (sulfide) groups is 1. The zero-order valence-electron chi connectivity index (χ0n) is 16.0. The summed E-state index contributed by atoms with van der Waals surface area (Å²) in [4.78, 5) is 23.7. The number of nitrogens with one attached hydrogen (secondary N) is 1. The third-order valence-corrected chi connectivity index (χ3v) is 5.82. The summed E-state index contributed by atoms with van der Waals surface area (Å²) in [6, 6.07) is 9.59. The lowest BCUT2D eigenvalue weighted by Gasteiger charge is -2.10. The topological polar surface area (TPSA) is 112 Å². The summed E-state index contributed by atoms with van der Waals surface area (Å²) in [5.74, 6) is 0.0206. The molecule has 3 N–H and O–H groups in total. The number of amides is 2. The number of hydrogen-bond donors (Lipinski definition) is 2. The van der Waals surface area contributed by atoms with E-state index in [9.17, 15) is 9.59 Å². The Morgan fingerprint density at radius 2 is 2.14 bits per heavy atom. The van der Waals surface area contributed by atoms with Crippen LogP contribution in [0.2, 0.25) is 0 Å². The Morgan fingerprint density at radius 3 is 2.86 bits per heavy atom. The van der Waals surface area contributed by atoms with E-state index >= 15 is 0 Å². The normalized spacial score (nSPS) is 10.8. The molecule has 0 atom stereocenters. The molecular weight excluding hydrogens is 410 g/mol. The lowest BCUT2D eigenvalue weighted by atomic mass is 10.1. The second kappa shape index (κ2) is 9.68. The number of thiophene rings is 1. The van der Waals surface area contributed by atoms with Crippen molar-refractivity contribution in [3.8, 4) is 11.4 Å². The minimum atomic E-state index is -0.573. The van der Waals surface area contributed by atoms with Gasteiger partial charge in [0.05, 0.1) is 24.5 Å². The van der Waals surface area contributed by atoms with Gasteiger partial charge in [0.2, 0.25) is 5.91 Å². The Kier molecular flexibility index (Phi) is 7.02. The number of ether oxygens (including phenoxy) is 1. The van der Waals surface area contributed by atoms with Crippen molar-refractivity contribution < 1.29 is 14.3 Å². The number of carbonyl (C=O) groups is 2. The van der Waals surface area contributed by atoms with Crippen LogP contribution >= 0.6 is 23.1 Å². The van der Waals surface area contributed by atoms with Crippen LogP contribution in [0.1, 0.15) is 15.9 Å². The number of hydrogen-bond acceptors (Lipinski definition) is 7. The highest BCUT2D eigenvalue weighted by Crippen LogP contribution is 2.26. The quantitative estimate of drug-likeness (QED) is 0.504. The number of nitrogens with two attached hydrogens (primary N) is 1. The van der Waals surface area contributed by atoms with Gasteiger partial charge in [-0.25, -0.2) is 0 Å². The van der Waals surface area contributed by atoms with E-state index in [-0.39, 0.29) is 11.7 Å². The molecule has 0 saturated carbocycles. The molecule has 0 aliphatic heterocycles. The van der Waals surface area contributed by atoms with Gasteiger partial charge < -0.3 is 15.8 Å². The van der Waals surface area contributed by atoms with Gasteiger partial charge in [-0.3, -0.25) is 14.2 Å². The molecule has 0 radical (unpaired) electrons. The molecule has 8 nitrogen and oxygen atoms in total. The summed E-state index contributed by atoms with van der Waals surface area (Å²) in [6.07, 6.45) is 0. The standard InChI is InChI=1S/C19H21N5O3S2/c1-12-4-3-5-13(10-12)17-22-23-19(24(17)7-8-27-2)29-11-15(25)21-18-14(16(20)26)6-9-28-18/h3-6,9-10H,7-8,11H2,1-2H3,(H2,20,26)(H,21,25). The number of aryl methyl sites for hydroxylation is 1. The van der Waals surface area contributed by atoms with Crippen molar-refractivity contribution in [1.29, 1.82) is 0 Å². The Hall–Kier alpha value is -2.69.